The Morgan fingerprint density at radius 1 is 0.880 bits per heavy atom. The van der Waals surface area contributed by atoms with Crippen LogP contribution in [0.15, 0.2) is 72.9 Å². The van der Waals surface area contributed by atoms with E-state index in [1.807, 2.05) is 72.8 Å². The smallest absolute Gasteiger partial charge is 0.139 e. The summed E-state index contributed by atoms with van der Waals surface area (Å²) in [5.74, 6) is 2.50. The van der Waals surface area contributed by atoms with E-state index in [0.29, 0.717) is 0 Å². The molecule has 0 aliphatic heterocycles. The zero-order chi connectivity index (χ0) is 17.1. The molecular formula is C21H17N3O. The largest absolute Gasteiger partial charge is 0.496 e. The molecule has 0 aliphatic rings. The monoisotopic (exact) mass is 327 g/mol. The Morgan fingerprint density at radius 3 is 2.52 bits per heavy atom. The van der Waals surface area contributed by atoms with Gasteiger partial charge in [0.1, 0.15) is 17.4 Å². The van der Waals surface area contributed by atoms with Crippen LogP contribution in [0.3, 0.4) is 0 Å². The summed E-state index contributed by atoms with van der Waals surface area (Å²) in [6, 6.07) is 21.8. The highest BCUT2D eigenvalue weighted by atomic mass is 16.5. The Kier molecular flexibility index (Phi) is 4.01. The average molecular weight is 327 g/mol. The minimum absolute atomic E-state index is 0.825. The molecule has 2 heterocycles. The van der Waals surface area contributed by atoms with Gasteiger partial charge in [-0.25, -0.2) is 9.97 Å². The molecule has 4 nitrogen and oxygen atoms in total. The van der Waals surface area contributed by atoms with E-state index in [2.05, 4.69) is 15.6 Å². The van der Waals surface area contributed by atoms with Gasteiger partial charge in [-0.3, -0.25) is 4.57 Å². The molecule has 0 spiro atoms. The minimum Gasteiger partial charge on any atom is -0.496 e. The minimum atomic E-state index is 0.825. The maximum Gasteiger partial charge on any atom is 0.139 e. The van der Waals surface area contributed by atoms with Gasteiger partial charge in [0, 0.05) is 11.8 Å². The number of hydrogen-bond acceptors (Lipinski definition) is 3. The third-order valence-corrected chi connectivity index (χ3v) is 4.02. The van der Waals surface area contributed by atoms with Gasteiger partial charge in [-0.05, 0) is 42.5 Å². The van der Waals surface area contributed by atoms with E-state index in [1.165, 1.54) is 0 Å². The number of aromatic nitrogens is 3. The van der Waals surface area contributed by atoms with Crippen molar-refractivity contribution in [2.75, 3.05) is 7.11 Å². The Labute approximate surface area is 146 Å². The number of hydrogen-bond donors (Lipinski definition) is 0. The summed E-state index contributed by atoms with van der Waals surface area (Å²) in [6.45, 7) is 0. The maximum atomic E-state index is 5.42. The predicted molar refractivity (Wildman–Crippen MR) is 101 cm³/mol. The van der Waals surface area contributed by atoms with Crippen LogP contribution in [0.5, 0.6) is 5.75 Å². The maximum absolute atomic E-state index is 5.42. The molecule has 0 saturated heterocycles. The Morgan fingerprint density at radius 2 is 1.68 bits per heavy atom. The molecule has 0 N–H and O–H groups in total. The first-order valence-electron chi connectivity index (χ1n) is 8.07. The van der Waals surface area contributed by atoms with Crippen molar-refractivity contribution in [1.82, 2.24) is 14.5 Å². The molecule has 4 aromatic rings. The van der Waals surface area contributed by atoms with E-state index in [9.17, 15) is 0 Å². The van der Waals surface area contributed by atoms with Gasteiger partial charge in [0.05, 0.1) is 18.1 Å². The third kappa shape index (κ3) is 2.90. The van der Waals surface area contributed by atoms with E-state index >= 15 is 0 Å². The highest BCUT2D eigenvalue weighted by Crippen LogP contribution is 2.24. The zero-order valence-electron chi connectivity index (χ0n) is 13.8. The van der Waals surface area contributed by atoms with Gasteiger partial charge in [0.15, 0.2) is 0 Å². The van der Waals surface area contributed by atoms with Crippen molar-refractivity contribution >= 4 is 23.2 Å². The van der Waals surface area contributed by atoms with Crippen molar-refractivity contribution in [2.45, 2.75) is 0 Å². The number of para-hydroxylation sites is 3. The van der Waals surface area contributed by atoms with Crippen LogP contribution >= 0.6 is 0 Å². The van der Waals surface area contributed by atoms with Crippen LogP contribution in [-0.2, 0) is 0 Å². The lowest BCUT2D eigenvalue weighted by molar-refractivity contribution is 0.414. The number of methoxy groups -OCH3 is 1. The van der Waals surface area contributed by atoms with Crippen molar-refractivity contribution < 1.29 is 4.74 Å². The molecular weight excluding hydrogens is 310 g/mol. The number of fused-ring (bicyclic) bond motifs is 1. The molecule has 0 fully saturated rings. The average Bonchev–Trinajstić information content (AvgIpc) is 3.05. The number of pyridine rings is 1. The molecule has 0 radical (unpaired) electrons. The quantitative estimate of drug-likeness (QED) is 0.550. The number of nitrogens with zero attached hydrogens (tertiary/aromatic N) is 3. The summed E-state index contributed by atoms with van der Waals surface area (Å²) >= 11 is 0. The summed E-state index contributed by atoms with van der Waals surface area (Å²) < 4.78 is 7.47. The van der Waals surface area contributed by atoms with E-state index in [1.54, 1.807) is 13.3 Å². The fourth-order valence-corrected chi connectivity index (χ4v) is 2.85. The highest BCUT2D eigenvalue weighted by molar-refractivity contribution is 5.82. The SMILES string of the molecule is COc1ccccc1C=Cc1nc2ccccc2n1-c1ccccn1. The molecule has 25 heavy (non-hydrogen) atoms. The van der Waals surface area contributed by atoms with Crippen molar-refractivity contribution in [2.24, 2.45) is 0 Å². The molecule has 0 saturated carbocycles. The third-order valence-electron chi connectivity index (χ3n) is 4.02. The van der Waals surface area contributed by atoms with Crippen LogP contribution in [0.4, 0.5) is 0 Å². The Hall–Kier alpha value is -3.40. The van der Waals surface area contributed by atoms with Crippen molar-refractivity contribution in [1.29, 1.82) is 0 Å². The van der Waals surface area contributed by atoms with Crippen LogP contribution in [-0.4, -0.2) is 21.6 Å². The van der Waals surface area contributed by atoms with E-state index in [-0.39, 0.29) is 0 Å². The molecule has 2 aromatic heterocycles. The summed E-state index contributed by atoms with van der Waals surface area (Å²) in [6.07, 6.45) is 5.80. The number of imidazole rings is 1. The fraction of sp³-hybridized carbons (Fsp3) is 0.0476. The second kappa shape index (κ2) is 6.61. The summed E-state index contributed by atoms with van der Waals surface area (Å²) in [4.78, 5) is 9.24. The van der Waals surface area contributed by atoms with Gasteiger partial charge < -0.3 is 4.74 Å². The lowest BCUT2D eigenvalue weighted by Crippen LogP contribution is -1.99. The van der Waals surface area contributed by atoms with Gasteiger partial charge in [0.2, 0.25) is 0 Å². The van der Waals surface area contributed by atoms with E-state index < -0.39 is 0 Å². The summed E-state index contributed by atoms with van der Waals surface area (Å²) in [7, 11) is 1.68. The molecule has 0 atom stereocenters. The molecule has 0 amide bonds. The fourth-order valence-electron chi connectivity index (χ4n) is 2.85. The molecule has 4 rings (SSSR count). The van der Waals surface area contributed by atoms with E-state index in [4.69, 9.17) is 9.72 Å². The Bertz CT molecular complexity index is 1040. The molecule has 0 aliphatic carbocycles. The number of benzene rings is 2. The lowest BCUT2D eigenvalue weighted by Gasteiger charge is -2.06. The highest BCUT2D eigenvalue weighted by Gasteiger charge is 2.10. The van der Waals surface area contributed by atoms with Crippen molar-refractivity contribution in [3.05, 3.63) is 84.3 Å². The van der Waals surface area contributed by atoms with Crippen LogP contribution in [0, 0.1) is 0 Å². The lowest BCUT2D eigenvalue weighted by atomic mass is 10.2. The Balaban J connectivity index is 1.86. The van der Waals surface area contributed by atoms with Crippen LogP contribution in [0.1, 0.15) is 11.4 Å². The van der Waals surface area contributed by atoms with Gasteiger partial charge in [-0.1, -0.05) is 36.4 Å². The first-order chi connectivity index (χ1) is 12.4. The van der Waals surface area contributed by atoms with Crippen molar-refractivity contribution in [3.63, 3.8) is 0 Å². The van der Waals surface area contributed by atoms with E-state index in [0.717, 1.165) is 34.0 Å². The van der Waals surface area contributed by atoms with Crippen LogP contribution in [0.25, 0.3) is 29.0 Å². The first-order valence-corrected chi connectivity index (χ1v) is 8.07. The molecule has 122 valence electrons. The number of ether oxygens (including phenoxy) is 1. The van der Waals surface area contributed by atoms with Crippen molar-refractivity contribution in [3.8, 4) is 11.6 Å². The molecule has 4 heteroatoms. The van der Waals surface area contributed by atoms with Crippen LogP contribution < -0.4 is 4.74 Å². The van der Waals surface area contributed by atoms with Crippen LogP contribution in [0.2, 0.25) is 0 Å². The molecule has 2 aromatic carbocycles. The molecule has 0 bridgehead atoms. The topological polar surface area (TPSA) is 39.9 Å². The second-order valence-electron chi connectivity index (χ2n) is 5.56. The zero-order valence-corrected chi connectivity index (χ0v) is 13.8. The molecule has 0 unspecified atom stereocenters. The van der Waals surface area contributed by atoms with Gasteiger partial charge in [0.25, 0.3) is 0 Å². The summed E-state index contributed by atoms with van der Waals surface area (Å²) in [5.41, 5.74) is 2.97. The second-order valence-corrected chi connectivity index (χ2v) is 5.56. The summed E-state index contributed by atoms with van der Waals surface area (Å²) in [5, 5.41) is 0. The van der Waals surface area contributed by atoms with Gasteiger partial charge in [-0.2, -0.15) is 0 Å². The normalized spacial score (nSPS) is 11.2. The number of rotatable bonds is 4. The predicted octanol–water partition coefficient (Wildman–Crippen LogP) is 4.60. The van der Waals surface area contributed by atoms with Gasteiger partial charge >= 0.3 is 0 Å². The van der Waals surface area contributed by atoms with Gasteiger partial charge in [-0.15, -0.1) is 0 Å². The first kappa shape index (κ1) is 15.1. The standard InChI is InChI=1S/C21H17N3O/c1-25-19-11-5-2-8-16(19)13-14-21-23-17-9-3-4-10-18(17)24(21)20-12-6-7-15-22-20/h2-15H,1H3.